The molecular weight excluding hydrogens is 324 g/mol. The van der Waals surface area contributed by atoms with E-state index >= 15 is 0 Å². The first-order valence-electron chi connectivity index (χ1n) is 9.06. The van der Waals surface area contributed by atoms with E-state index in [4.69, 9.17) is 0 Å². The van der Waals surface area contributed by atoms with Crippen molar-refractivity contribution >= 4 is 11.8 Å². The number of hydrogen-bond donors (Lipinski definition) is 2. The zero-order valence-electron chi connectivity index (χ0n) is 14.6. The fraction of sp³-hybridized carbons (Fsp3) is 0.300. The fourth-order valence-electron chi connectivity index (χ4n) is 3.20. The lowest BCUT2D eigenvalue weighted by molar-refractivity contribution is 0.744. The second-order valence-corrected chi connectivity index (χ2v) is 6.52. The molecule has 0 spiro atoms. The van der Waals surface area contributed by atoms with Gasteiger partial charge in [-0.25, -0.2) is 4.98 Å². The highest BCUT2D eigenvalue weighted by Crippen LogP contribution is 2.24. The molecule has 3 heterocycles. The molecule has 0 aliphatic heterocycles. The average molecular weight is 346 g/mol. The van der Waals surface area contributed by atoms with Crippen LogP contribution in [0.3, 0.4) is 0 Å². The predicted octanol–water partition coefficient (Wildman–Crippen LogP) is 3.90. The van der Waals surface area contributed by atoms with Crippen LogP contribution in [-0.4, -0.2) is 26.0 Å². The predicted molar refractivity (Wildman–Crippen MR) is 103 cm³/mol. The maximum Gasteiger partial charge on any atom is 0.225 e. The van der Waals surface area contributed by atoms with Gasteiger partial charge in [-0.1, -0.05) is 25.0 Å². The van der Waals surface area contributed by atoms with E-state index in [9.17, 15) is 0 Å². The molecule has 1 aliphatic rings. The highest BCUT2D eigenvalue weighted by Gasteiger charge is 2.17. The van der Waals surface area contributed by atoms with Gasteiger partial charge in [0, 0.05) is 37.2 Å². The first-order chi connectivity index (χ1) is 12.9. The zero-order valence-corrected chi connectivity index (χ0v) is 14.6. The van der Waals surface area contributed by atoms with E-state index in [0.29, 0.717) is 18.5 Å². The van der Waals surface area contributed by atoms with E-state index in [1.165, 1.54) is 25.7 Å². The molecule has 3 aromatic heterocycles. The van der Waals surface area contributed by atoms with Crippen LogP contribution in [-0.2, 0) is 6.54 Å². The Labute approximate surface area is 153 Å². The number of nitrogens with one attached hydrogen (secondary N) is 2. The standard InChI is InChI=1S/C20H22N6/c1-2-8-16(7-1)24-20-25-18(17-9-3-4-11-22-17)12-19(26-20)23-14-15-6-5-10-21-13-15/h3-6,9-13,16H,1-2,7-8,14H2,(H2,23,24,25,26). The topological polar surface area (TPSA) is 75.6 Å². The van der Waals surface area contributed by atoms with Gasteiger partial charge < -0.3 is 10.6 Å². The van der Waals surface area contributed by atoms with E-state index in [1.807, 2.05) is 42.6 Å². The van der Waals surface area contributed by atoms with E-state index < -0.39 is 0 Å². The molecule has 6 heteroatoms. The van der Waals surface area contributed by atoms with Crippen LogP contribution in [0.2, 0.25) is 0 Å². The third-order valence-electron chi connectivity index (χ3n) is 4.54. The smallest absolute Gasteiger partial charge is 0.225 e. The van der Waals surface area contributed by atoms with E-state index in [2.05, 4.69) is 30.6 Å². The van der Waals surface area contributed by atoms with Crippen LogP contribution in [0.25, 0.3) is 11.4 Å². The van der Waals surface area contributed by atoms with E-state index in [0.717, 1.165) is 22.8 Å². The van der Waals surface area contributed by atoms with Crippen molar-refractivity contribution in [3.63, 3.8) is 0 Å². The molecular formula is C20H22N6. The summed E-state index contributed by atoms with van der Waals surface area (Å²) in [6.45, 7) is 0.662. The third-order valence-corrected chi connectivity index (χ3v) is 4.54. The summed E-state index contributed by atoms with van der Waals surface area (Å²) in [5.74, 6) is 1.44. The quantitative estimate of drug-likeness (QED) is 0.705. The normalized spacial score (nSPS) is 14.3. The van der Waals surface area contributed by atoms with Crippen molar-refractivity contribution in [3.8, 4) is 11.4 Å². The van der Waals surface area contributed by atoms with Crippen LogP contribution in [0.5, 0.6) is 0 Å². The Morgan fingerprint density at radius 2 is 1.88 bits per heavy atom. The summed E-state index contributed by atoms with van der Waals surface area (Å²) in [4.78, 5) is 17.9. The van der Waals surface area contributed by atoms with Crippen molar-refractivity contribution in [1.29, 1.82) is 0 Å². The monoisotopic (exact) mass is 346 g/mol. The molecule has 0 saturated heterocycles. The van der Waals surface area contributed by atoms with Crippen LogP contribution >= 0.6 is 0 Å². The zero-order chi connectivity index (χ0) is 17.6. The first kappa shape index (κ1) is 16.4. The third kappa shape index (κ3) is 4.14. The van der Waals surface area contributed by atoms with E-state index in [-0.39, 0.29) is 0 Å². The van der Waals surface area contributed by atoms with Gasteiger partial charge in [-0.05, 0) is 36.6 Å². The maximum atomic E-state index is 4.69. The number of nitrogens with zero attached hydrogens (tertiary/aromatic N) is 4. The van der Waals surface area contributed by atoms with Crippen LogP contribution in [0.4, 0.5) is 11.8 Å². The summed E-state index contributed by atoms with van der Waals surface area (Å²) in [5, 5.41) is 6.86. The molecule has 1 saturated carbocycles. The molecule has 2 N–H and O–H groups in total. The number of rotatable bonds is 6. The number of pyridine rings is 2. The van der Waals surface area contributed by atoms with E-state index in [1.54, 1.807) is 12.4 Å². The van der Waals surface area contributed by atoms with Crippen LogP contribution in [0, 0.1) is 0 Å². The molecule has 26 heavy (non-hydrogen) atoms. The van der Waals surface area contributed by atoms with Gasteiger partial charge in [-0.2, -0.15) is 4.98 Å². The van der Waals surface area contributed by atoms with Gasteiger partial charge in [0.2, 0.25) is 5.95 Å². The maximum absolute atomic E-state index is 4.69. The van der Waals surface area contributed by atoms with Gasteiger partial charge in [0.1, 0.15) is 5.82 Å². The summed E-state index contributed by atoms with van der Waals surface area (Å²) in [7, 11) is 0. The van der Waals surface area contributed by atoms with Gasteiger partial charge in [-0.3, -0.25) is 9.97 Å². The minimum atomic E-state index is 0.458. The Morgan fingerprint density at radius 1 is 0.962 bits per heavy atom. The minimum Gasteiger partial charge on any atom is -0.366 e. The van der Waals surface area contributed by atoms with Gasteiger partial charge in [0.25, 0.3) is 0 Å². The summed E-state index contributed by atoms with van der Waals surface area (Å²) in [6, 6.07) is 12.2. The molecule has 4 rings (SSSR count). The molecule has 0 radical (unpaired) electrons. The summed E-state index contributed by atoms with van der Waals surface area (Å²) >= 11 is 0. The van der Waals surface area contributed by atoms with Crippen molar-refractivity contribution < 1.29 is 0 Å². The van der Waals surface area contributed by atoms with Crippen molar-refractivity contribution in [2.45, 2.75) is 38.3 Å². The molecule has 0 unspecified atom stereocenters. The number of anilines is 2. The molecule has 0 aromatic carbocycles. The van der Waals surface area contributed by atoms with Crippen LogP contribution in [0.15, 0.2) is 55.0 Å². The molecule has 1 fully saturated rings. The van der Waals surface area contributed by atoms with Crippen molar-refractivity contribution in [1.82, 2.24) is 19.9 Å². The van der Waals surface area contributed by atoms with Gasteiger partial charge in [-0.15, -0.1) is 0 Å². The molecule has 1 aliphatic carbocycles. The Morgan fingerprint density at radius 3 is 2.65 bits per heavy atom. The summed E-state index contributed by atoms with van der Waals surface area (Å²) in [5.41, 5.74) is 2.76. The lowest BCUT2D eigenvalue weighted by Gasteiger charge is -2.14. The second-order valence-electron chi connectivity index (χ2n) is 6.52. The lowest BCUT2D eigenvalue weighted by atomic mass is 10.2. The highest BCUT2D eigenvalue weighted by molar-refractivity contribution is 5.61. The van der Waals surface area contributed by atoms with Crippen molar-refractivity contribution in [2.75, 3.05) is 10.6 Å². The van der Waals surface area contributed by atoms with Crippen molar-refractivity contribution in [3.05, 3.63) is 60.6 Å². The molecule has 0 bridgehead atoms. The van der Waals surface area contributed by atoms with Crippen LogP contribution in [0.1, 0.15) is 31.2 Å². The van der Waals surface area contributed by atoms with Crippen molar-refractivity contribution in [2.24, 2.45) is 0 Å². The fourth-order valence-corrected chi connectivity index (χ4v) is 3.20. The molecule has 6 nitrogen and oxygen atoms in total. The molecule has 3 aromatic rings. The Balaban J connectivity index is 1.58. The average Bonchev–Trinajstić information content (AvgIpc) is 3.21. The second kappa shape index (κ2) is 7.91. The summed E-state index contributed by atoms with van der Waals surface area (Å²) in [6.07, 6.45) is 10.3. The van der Waals surface area contributed by atoms with Gasteiger partial charge in [0.05, 0.1) is 11.4 Å². The minimum absolute atomic E-state index is 0.458. The molecule has 132 valence electrons. The van der Waals surface area contributed by atoms with Gasteiger partial charge >= 0.3 is 0 Å². The first-order valence-corrected chi connectivity index (χ1v) is 9.06. The lowest BCUT2D eigenvalue weighted by Crippen LogP contribution is -2.17. The molecule has 0 amide bonds. The largest absolute Gasteiger partial charge is 0.366 e. The van der Waals surface area contributed by atoms with Crippen LogP contribution < -0.4 is 10.6 Å². The number of hydrogen-bond acceptors (Lipinski definition) is 6. The number of aromatic nitrogens is 4. The summed E-state index contributed by atoms with van der Waals surface area (Å²) < 4.78 is 0. The Hall–Kier alpha value is -3.02. The Bertz CT molecular complexity index is 831. The van der Waals surface area contributed by atoms with Gasteiger partial charge in [0.15, 0.2) is 0 Å². The highest BCUT2D eigenvalue weighted by atomic mass is 15.2. The molecule has 0 atom stereocenters. The Kier molecular flexibility index (Phi) is 5.00. The SMILES string of the molecule is c1ccc(-c2cc(NCc3cccnc3)nc(NC3CCCC3)n2)nc1.